The molecule has 0 saturated heterocycles. The zero-order valence-electron chi connectivity index (χ0n) is 16.0. The van der Waals surface area contributed by atoms with Crippen LogP contribution in [0.4, 0.5) is 0 Å². The van der Waals surface area contributed by atoms with Crippen molar-refractivity contribution >= 4 is 47.0 Å². The van der Waals surface area contributed by atoms with Crippen molar-refractivity contribution in [2.45, 2.75) is 20.3 Å². The third-order valence-electron chi connectivity index (χ3n) is 3.94. The quantitative estimate of drug-likeness (QED) is 0.270. The Hall–Kier alpha value is -2.84. The molecular formula is C20H21ClN4O3S. The number of carbonyl (C=O) groups excluding carboxylic acids is 1. The van der Waals surface area contributed by atoms with E-state index in [0.29, 0.717) is 45.6 Å². The van der Waals surface area contributed by atoms with Gasteiger partial charge in [-0.25, -0.2) is 5.43 Å². The minimum absolute atomic E-state index is 0.345. The smallest absolute Gasteiger partial charge is 0.271 e. The maximum absolute atomic E-state index is 12.3. The number of hydrazone groups is 1. The number of aromatic amines is 2. The number of hydrogen-bond donors (Lipinski definition) is 3. The molecule has 0 radical (unpaired) electrons. The van der Waals surface area contributed by atoms with Crippen molar-refractivity contribution in [3.63, 3.8) is 0 Å². The maximum Gasteiger partial charge on any atom is 0.271 e. The highest BCUT2D eigenvalue weighted by molar-refractivity contribution is 7.71. The second-order valence-electron chi connectivity index (χ2n) is 6.15. The fraction of sp³-hybridized carbons (Fsp3) is 0.250. The lowest BCUT2D eigenvalue weighted by Gasteiger charge is -2.13. The van der Waals surface area contributed by atoms with Gasteiger partial charge in [0.25, 0.3) is 5.91 Å². The number of H-pyrrole nitrogens is 2. The molecule has 3 aromatic rings. The molecule has 0 atom stereocenters. The van der Waals surface area contributed by atoms with E-state index in [9.17, 15) is 4.79 Å². The van der Waals surface area contributed by atoms with Crippen molar-refractivity contribution in [3.8, 4) is 11.5 Å². The Balaban J connectivity index is 1.74. The van der Waals surface area contributed by atoms with E-state index in [2.05, 4.69) is 20.5 Å². The molecule has 152 valence electrons. The number of benzene rings is 2. The van der Waals surface area contributed by atoms with Crippen molar-refractivity contribution in [1.82, 2.24) is 15.4 Å². The molecule has 1 aromatic heterocycles. The molecule has 0 aliphatic rings. The SMILES string of the molecule is CCCOc1c(Cl)cc(/C=N\NC(=O)c2ccc3[nH]c(=S)[nH]c3c2)cc1OCC. The van der Waals surface area contributed by atoms with Crippen LogP contribution in [-0.2, 0) is 0 Å². The molecule has 0 unspecified atom stereocenters. The molecule has 0 spiro atoms. The minimum atomic E-state index is -0.345. The second kappa shape index (κ2) is 9.58. The third-order valence-corrected chi connectivity index (χ3v) is 4.42. The fourth-order valence-corrected chi connectivity index (χ4v) is 3.17. The van der Waals surface area contributed by atoms with Gasteiger partial charge in [0, 0.05) is 5.56 Å². The van der Waals surface area contributed by atoms with Gasteiger partial charge in [0.15, 0.2) is 16.3 Å². The summed E-state index contributed by atoms with van der Waals surface area (Å²) in [5.41, 5.74) is 5.22. The summed E-state index contributed by atoms with van der Waals surface area (Å²) in [4.78, 5) is 18.3. The summed E-state index contributed by atoms with van der Waals surface area (Å²) in [7, 11) is 0. The number of aromatic nitrogens is 2. The van der Waals surface area contributed by atoms with E-state index in [0.717, 1.165) is 17.5 Å². The lowest BCUT2D eigenvalue weighted by Crippen LogP contribution is -2.17. The van der Waals surface area contributed by atoms with E-state index in [1.165, 1.54) is 6.21 Å². The zero-order valence-corrected chi connectivity index (χ0v) is 17.6. The summed E-state index contributed by atoms with van der Waals surface area (Å²) in [6.07, 6.45) is 2.36. The van der Waals surface area contributed by atoms with Gasteiger partial charge >= 0.3 is 0 Å². The fourth-order valence-electron chi connectivity index (χ4n) is 2.67. The molecule has 1 amide bonds. The Morgan fingerprint density at radius 3 is 2.76 bits per heavy atom. The summed E-state index contributed by atoms with van der Waals surface area (Å²) in [6.45, 7) is 4.91. The van der Waals surface area contributed by atoms with Gasteiger partial charge in [-0.05, 0) is 61.5 Å². The first-order chi connectivity index (χ1) is 14.0. The molecule has 0 aliphatic carbocycles. The Morgan fingerprint density at radius 2 is 2.00 bits per heavy atom. The highest BCUT2D eigenvalue weighted by Crippen LogP contribution is 2.36. The standard InChI is InChI=1S/C20H21ClN4O3S/c1-3-7-28-18-14(21)8-12(9-17(18)27-4-2)11-22-25-19(26)13-5-6-15-16(10-13)24-20(29)23-15/h5-6,8-11H,3-4,7H2,1-2H3,(H,25,26)(H2,23,24,29)/b22-11-. The number of amides is 1. The van der Waals surface area contributed by atoms with Crippen LogP contribution in [0.25, 0.3) is 11.0 Å². The van der Waals surface area contributed by atoms with Crippen LogP contribution >= 0.6 is 23.8 Å². The molecule has 3 rings (SSSR count). The molecule has 9 heteroatoms. The number of ether oxygens (including phenoxy) is 2. The molecule has 0 bridgehead atoms. The van der Waals surface area contributed by atoms with Crippen molar-refractivity contribution < 1.29 is 14.3 Å². The number of nitrogens with zero attached hydrogens (tertiary/aromatic N) is 1. The average Bonchev–Trinajstić information content (AvgIpc) is 3.06. The number of hydrogen-bond acceptors (Lipinski definition) is 5. The van der Waals surface area contributed by atoms with E-state index in [1.807, 2.05) is 13.8 Å². The number of fused-ring (bicyclic) bond motifs is 1. The van der Waals surface area contributed by atoms with Crippen LogP contribution < -0.4 is 14.9 Å². The van der Waals surface area contributed by atoms with E-state index in [1.54, 1.807) is 30.3 Å². The number of carbonyl (C=O) groups is 1. The molecule has 1 heterocycles. The van der Waals surface area contributed by atoms with Gasteiger partial charge in [-0.3, -0.25) is 4.79 Å². The van der Waals surface area contributed by atoms with Crippen LogP contribution in [0.3, 0.4) is 0 Å². The first-order valence-corrected chi connectivity index (χ1v) is 9.95. The van der Waals surface area contributed by atoms with Crippen LogP contribution in [0.1, 0.15) is 36.2 Å². The minimum Gasteiger partial charge on any atom is -0.490 e. The van der Waals surface area contributed by atoms with Gasteiger partial charge in [0.05, 0.1) is 35.5 Å². The molecule has 29 heavy (non-hydrogen) atoms. The van der Waals surface area contributed by atoms with Gasteiger partial charge < -0.3 is 19.4 Å². The molecule has 2 aromatic carbocycles. The topological polar surface area (TPSA) is 91.5 Å². The molecular weight excluding hydrogens is 412 g/mol. The third kappa shape index (κ3) is 5.16. The van der Waals surface area contributed by atoms with Crippen LogP contribution in [0.2, 0.25) is 5.02 Å². The van der Waals surface area contributed by atoms with Crippen LogP contribution in [0.5, 0.6) is 11.5 Å². The second-order valence-corrected chi connectivity index (χ2v) is 6.97. The predicted octanol–water partition coefficient (Wildman–Crippen LogP) is 4.83. The lowest BCUT2D eigenvalue weighted by molar-refractivity contribution is 0.0955. The van der Waals surface area contributed by atoms with E-state index >= 15 is 0 Å². The van der Waals surface area contributed by atoms with Crippen molar-refractivity contribution in [2.75, 3.05) is 13.2 Å². The van der Waals surface area contributed by atoms with Gasteiger partial charge in [-0.2, -0.15) is 5.10 Å². The van der Waals surface area contributed by atoms with Crippen LogP contribution in [0, 0.1) is 4.77 Å². The van der Waals surface area contributed by atoms with Gasteiger partial charge in [0.2, 0.25) is 0 Å². The first kappa shape index (κ1) is 20.9. The first-order valence-electron chi connectivity index (χ1n) is 9.16. The lowest BCUT2D eigenvalue weighted by atomic mass is 10.2. The number of imidazole rings is 1. The molecule has 3 N–H and O–H groups in total. The highest BCUT2D eigenvalue weighted by atomic mass is 35.5. The van der Waals surface area contributed by atoms with Gasteiger partial charge in [-0.15, -0.1) is 0 Å². The number of nitrogens with one attached hydrogen (secondary N) is 3. The Morgan fingerprint density at radius 1 is 1.21 bits per heavy atom. The van der Waals surface area contributed by atoms with E-state index < -0.39 is 0 Å². The molecule has 7 nitrogen and oxygen atoms in total. The number of rotatable bonds is 8. The monoisotopic (exact) mass is 432 g/mol. The van der Waals surface area contributed by atoms with Crippen LogP contribution in [0.15, 0.2) is 35.4 Å². The van der Waals surface area contributed by atoms with E-state index in [4.69, 9.17) is 33.3 Å². The summed E-state index contributed by atoms with van der Waals surface area (Å²) >= 11 is 11.4. The van der Waals surface area contributed by atoms with Crippen molar-refractivity contribution in [3.05, 3.63) is 51.3 Å². The summed E-state index contributed by atoms with van der Waals surface area (Å²) in [5.74, 6) is 0.700. The summed E-state index contributed by atoms with van der Waals surface area (Å²) < 4.78 is 11.8. The Labute approximate surface area is 178 Å². The molecule has 0 fully saturated rings. The Bertz CT molecular complexity index is 1110. The molecule has 0 saturated carbocycles. The van der Waals surface area contributed by atoms with Crippen LogP contribution in [-0.4, -0.2) is 35.3 Å². The van der Waals surface area contributed by atoms with Crippen molar-refractivity contribution in [1.29, 1.82) is 0 Å². The normalized spacial score (nSPS) is 11.1. The van der Waals surface area contributed by atoms with Crippen molar-refractivity contribution in [2.24, 2.45) is 5.10 Å². The maximum atomic E-state index is 12.3. The summed E-state index contributed by atoms with van der Waals surface area (Å²) in [5, 5.41) is 4.44. The van der Waals surface area contributed by atoms with E-state index in [-0.39, 0.29) is 5.91 Å². The van der Waals surface area contributed by atoms with Gasteiger partial charge in [0.1, 0.15) is 0 Å². The highest BCUT2D eigenvalue weighted by Gasteiger charge is 2.12. The number of halogens is 1. The largest absolute Gasteiger partial charge is 0.490 e. The van der Waals surface area contributed by atoms with Gasteiger partial charge in [-0.1, -0.05) is 18.5 Å². The summed E-state index contributed by atoms with van der Waals surface area (Å²) in [6, 6.07) is 8.65. The zero-order chi connectivity index (χ0) is 20.8. The Kier molecular flexibility index (Phi) is 6.90. The predicted molar refractivity (Wildman–Crippen MR) is 117 cm³/mol. The molecule has 0 aliphatic heterocycles. The average molecular weight is 433 g/mol.